The zero-order chi connectivity index (χ0) is 35.1. The van der Waals surface area contributed by atoms with Crippen LogP contribution in [0.2, 0.25) is 0 Å². The van der Waals surface area contributed by atoms with Crippen LogP contribution in [0.5, 0.6) is 0 Å². The lowest BCUT2D eigenvalue weighted by Crippen LogP contribution is -2.61. The molecule has 7 unspecified atom stereocenters. The van der Waals surface area contributed by atoms with Crippen LogP contribution in [0.1, 0.15) is 140 Å². The van der Waals surface area contributed by atoms with Crippen LogP contribution in [0.15, 0.2) is 35.5 Å². The Balaban J connectivity index is 1.07. The minimum atomic E-state index is -1.06. The molecule has 0 aromatic carbocycles. The maximum atomic E-state index is 9.88. The first-order valence-corrected chi connectivity index (χ1v) is 20.6. The maximum Gasteiger partial charge on any atom is 0.201 e. The molecule has 2 aliphatic heterocycles. The van der Waals surface area contributed by atoms with Crippen molar-refractivity contribution in [3.05, 3.63) is 35.5 Å². The van der Waals surface area contributed by atoms with Gasteiger partial charge in [-0.25, -0.2) is 10.1 Å². The van der Waals surface area contributed by atoms with Crippen LogP contribution in [0.25, 0.3) is 0 Å². The number of allylic oxidation sites excluding steroid dienone is 5. The van der Waals surface area contributed by atoms with Crippen LogP contribution in [0, 0.1) is 75.4 Å². The van der Waals surface area contributed by atoms with E-state index in [1.54, 1.807) is 11.1 Å². The molecule has 7 aliphatic rings. The molecule has 0 aromatic rings. The van der Waals surface area contributed by atoms with E-state index in [2.05, 4.69) is 86.6 Å². The number of fused-ring (bicyclic) bond motifs is 5. The Morgan fingerprint density at radius 3 is 2.35 bits per heavy atom. The van der Waals surface area contributed by atoms with Gasteiger partial charge in [0.15, 0.2) is 12.6 Å². The smallest absolute Gasteiger partial charge is 0.201 e. The summed E-state index contributed by atoms with van der Waals surface area (Å²) >= 11 is 0. The molecule has 1 N–H and O–H groups in total. The van der Waals surface area contributed by atoms with Crippen molar-refractivity contribution in [2.75, 3.05) is 0 Å². The van der Waals surface area contributed by atoms with E-state index in [1.165, 1.54) is 44.9 Å². The van der Waals surface area contributed by atoms with Gasteiger partial charge in [-0.3, -0.25) is 0 Å². The van der Waals surface area contributed by atoms with Gasteiger partial charge >= 0.3 is 0 Å². The Kier molecular flexibility index (Phi) is 9.76. The second kappa shape index (κ2) is 13.2. The number of hydrogen-bond donors (Lipinski definition) is 1. The predicted molar refractivity (Wildman–Crippen MR) is 196 cm³/mol. The summed E-state index contributed by atoms with van der Waals surface area (Å²) in [4.78, 5) is 4.98. The van der Waals surface area contributed by atoms with Gasteiger partial charge < -0.3 is 14.2 Å². The first-order valence-electron chi connectivity index (χ1n) is 20.6. The summed E-state index contributed by atoms with van der Waals surface area (Å²) in [7, 11) is 0. The third-order valence-corrected chi connectivity index (χ3v) is 16.8. The van der Waals surface area contributed by atoms with E-state index in [0.29, 0.717) is 53.3 Å². The Morgan fingerprint density at radius 2 is 1.61 bits per heavy atom. The summed E-state index contributed by atoms with van der Waals surface area (Å²) in [5.74, 6) is 4.91. The Hall–Kier alpha value is -0.980. The minimum Gasteiger partial charge on any atom is -0.349 e. The van der Waals surface area contributed by atoms with Gasteiger partial charge in [0.25, 0.3) is 0 Å². The molecular formula is C44H70O5. The van der Waals surface area contributed by atoms with Crippen molar-refractivity contribution in [3.63, 3.8) is 0 Å². The van der Waals surface area contributed by atoms with Crippen LogP contribution in [-0.2, 0) is 19.1 Å². The summed E-state index contributed by atoms with van der Waals surface area (Å²) in [6.07, 6.45) is 22.3. The Bertz CT molecular complexity index is 1320. The van der Waals surface area contributed by atoms with E-state index < -0.39 is 12.1 Å². The molecule has 7 rings (SSSR count). The molecule has 0 aromatic heterocycles. The zero-order valence-corrected chi connectivity index (χ0v) is 32.7. The molecule has 5 heteroatoms. The highest BCUT2D eigenvalue weighted by atomic mass is 17.1. The molecule has 0 spiro atoms. The van der Waals surface area contributed by atoms with E-state index in [0.717, 1.165) is 31.1 Å². The van der Waals surface area contributed by atoms with Gasteiger partial charge in [0, 0.05) is 17.8 Å². The molecule has 49 heavy (non-hydrogen) atoms. The molecular weight excluding hydrogens is 608 g/mol. The quantitative estimate of drug-likeness (QED) is 0.165. The second-order valence-electron chi connectivity index (χ2n) is 19.7. The van der Waals surface area contributed by atoms with Crippen molar-refractivity contribution in [1.29, 1.82) is 0 Å². The Labute approximate surface area is 298 Å². The monoisotopic (exact) mass is 679 g/mol. The summed E-state index contributed by atoms with van der Waals surface area (Å²) < 4.78 is 20.5. The molecule has 0 radical (unpaired) electrons. The van der Waals surface area contributed by atoms with Gasteiger partial charge in [-0.2, -0.15) is 0 Å². The molecule has 0 amide bonds. The summed E-state index contributed by atoms with van der Waals surface area (Å²) in [6, 6.07) is 0. The van der Waals surface area contributed by atoms with Crippen LogP contribution < -0.4 is 0 Å². The lowest BCUT2D eigenvalue weighted by Gasteiger charge is -2.59. The highest BCUT2D eigenvalue weighted by molar-refractivity contribution is 5.39. The average molecular weight is 679 g/mol. The lowest BCUT2D eigenvalue weighted by molar-refractivity contribution is -0.455. The molecule has 6 fully saturated rings. The van der Waals surface area contributed by atoms with Crippen molar-refractivity contribution in [2.24, 2.45) is 75.4 Å². The van der Waals surface area contributed by atoms with Crippen molar-refractivity contribution in [1.82, 2.24) is 0 Å². The van der Waals surface area contributed by atoms with Gasteiger partial charge in [0.05, 0.1) is 6.10 Å². The van der Waals surface area contributed by atoms with E-state index in [-0.39, 0.29) is 29.1 Å². The normalized spacial score (nSPS) is 50.8. The first-order chi connectivity index (χ1) is 23.1. The topological polar surface area (TPSA) is 57.2 Å². The zero-order valence-electron chi connectivity index (χ0n) is 32.7. The number of hydrogen-bond acceptors (Lipinski definition) is 5. The van der Waals surface area contributed by atoms with Crippen molar-refractivity contribution in [3.8, 4) is 0 Å². The SMILES string of the molecule is CC(C)[C@@H](C)/C=C/[C@@H](C)[C@H]1CCC2C3=CC=C4CC(OC5OC6O[C@@](C)(OO)CCC7[C@H](C)CCC([C@H]5C)[C@]67C)CC[C@]4(C)C3CC[C@@]21C. The predicted octanol–water partition coefficient (Wildman–Crippen LogP) is 11.4. The molecule has 2 heterocycles. The van der Waals surface area contributed by atoms with Crippen LogP contribution in [0.4, 0.5) is 0 Å². The van der Waals surface area contributed by atoms with Crippen LogP contribution in [0.3, 0.4) is 0 Å². The summed E-state index contributed by atoms with van der Waals surface area (Å²) in [5, 5.41) is 9.88. The lowest BCUT2D eigenvalue weighted by atomic mass is 9.50. The van der Waals surface area contributed by atoms with Gasteiger partial charge in [-0.15, -0.1) is 0 Å². The van der Waals surface area contributed by atoms with Crippen LogP contribution in [-0.4, -0.2) is 29.7 Å². The fraction of sp³-hybridized carbons (Fsp3) is 0.864. The van der Waals surface area contributed by atoms with Gasteiger partial charge in [0.2, 0.25) is 5.79 Å². The van der Waals surface area contributed by atoms with Crippen molar-refractivity contribution >= 4 is 0 Å². The van der Waals surface area contributed by atoms with E-state index in [4.69, 9.17) is 19.1 Å². The minimum absolute atomic E-state index is 0.124. The van der Waals surface area contributed by atoms with Gasteiger partial charge in [0.1, 0.15) is 0 Å². The molecule has 5 aliphatic carbocycles. The molecule has 0 bridgehead atoms. The highest BCUT2D eigenvalue weighted by Crippen LogP contribution is 2.67. The summed E-state index contributed by atoms with van der Waals surface area (Å²) in [5.41, 5.74) is 3.89. The third kappa shape index (κ3) is 5.91. The molecule has 276 valence electrons. The molecule has 2 saturated heterocycles. The third-order valence-electron chi connectivity index (χ3n) is 16.8. The fourth-order valence-corrected chi connectivity index (χ4v) is 13.2. The average Bonchev–Trinajstić information content (AvgIpc) is 3.37. The summed E-state index contributed by atoms with van der Waals surface area (Å²) in [6.45, 7) is 23.8. The first kappa shape index (κ1) is 36.4. The fourth-order valence-electron chi connectivity index (χ4n) is 13.2. The van der Waals surface area contributed by atoms with Crippen LogP contribution >= 0.6 is 0 Å². The van der Waals surface area contributed by atoms with Gasteiger partial charge in [-0.1, -0.05) is 104 Å². The molecule has 5 nitrogen and oxygen atoms in total. The standard InChI is InChI=1S/C44H70O5/c1-26(2)27(3)11-12-28(4)34-17-18-37-33-15-14-31-25-32(19-22-41(31,7)38(33)20-23-42(34,37)8)46-39-30(6)36-16-13-29(5)35-21-24-43(9,49-45)48-40(47-39)44(35,36)10/h11-12,14-15,26-30,32,34-40,45H,13,16-25H2,1-10H3/b12-11+/t27-,28+,29+,30+,32?,34+,35?,36?,37?,38?,39?,40?,41-,42+,43-,44+/m0/s1. The molecule has 4 saturated carbocycles. The highest BCUT2D eigenvalue weighted by Gasteiger charge is 2.63. The van der Waals surface area contributed by atoms with E-state index >= 15 is 0 Å². The van der Waals surface area contributed by atoms with Crippen molar-refractivity contribution in [2.45, 2.75) is 164 Å². The maximum absolute atomic E-state index is 9.88. The van der Waals surface area contributed by atoms with Crippen molar-refractivity contribution < 1.29 is 24.4 Å². The Morgan fingerprint density at radius 1 is 0.837 bits per heavy atom. The second-order valence-corrected chi connectivity index (χ2v) is 19.7. The number of rotatable bonds is 7. The number of ether oxygens (including phenoxy) is 3. The van der Waals surface area contributed by atoms with E-state index in [1.807, 2.05) is 6.92 Å². The molecule has 16 atom stereocenters. The van der Waals surface area contributed by atoms with Gasteiger partial charge in [-0.05, 0) is 129 Å². The van der Waals surface area contributed by atoms with E-state index in [9.17, 15) is 5.26 Å². The largest absolute Gasteiger partial charge is 0.349 e.